The minimum atomic E-state index is -0.717. The van der Waals surface area contributed by atoms with Gasteiger partial charge in [-0.1, -0.05) is 6.08 Å². The van der Waals surface area contributed by atoms with Gasteiger partial charge in [-0.05, 0) is 12.8 Å². The van der Waals surface area contributed by atoms with Crippen molar-refractivity contribution in [2.24, 2.45) is 5.92 Å². The summed E-state index contributed by atoms with van der Waals surface area (Å²) in [5.41, 5.74) is 0. The number of amides is 1. The molecule has 0 bridgehead atoms. The molecule has 0 radical (unpaired) electrons. The number of carbonyl (C=O) groups is 1. The number of allylic oxidation sites excluding steroid dienone is 1. The van der Waals surface area contributed by atoms with Crippen LogP contribution >= 0.6 is 0 Å². The van der Waals surface area contributed by atoms with Crippen LogP contribution in [-0.4, -0.2) is 36.0 Å². The molecule has 1 aliphatic heterocycles. The van der Waals surface area contributed by atoms with E-state index in [2.05, 4.69) is 11.3 Å². The fourth-order valence-corrected chi connectivity index (χ4v) is 1.61. The smallest absolute Gasteiger partial charge is 0.411 e. The number of rotatable bonds is 2. The third kappa shape index (κ3) is 2.01. The first kappa shape index (κ1) is 10.1. The standard InChI is InChI=1S/C9H15NO3/c1-3-4-7-5-6-10(8(7)11)9(12)13-2/h3,7-8,11H,1,4-6H2,2H3. The van der Waals surface area contributed by atoms with Gasteiger partial charge in [0.2, 0.25) is 0 Å². The van der Waals surface area contributed by atoms with Crippen molar-refractivity contribution in [1.82, 2.24) is 4.90 Å². The number of carbonyl (C=O) groups excluding carboxylic acids is 1. The maximum atomic E-state index is 11.1. The van der Waals surface area contributed by atoms with Crippen LogP contribution in [0.2, 0.25) is 0 Å². The summed E-state index contributed by atoms with van der Waals surface area (Å²) < 4.78 is 4.53. The molecule has 2 atom stereocenters. The van der Waals surface area contributed by atoms with Crippen LogP contribution < -0.4 is 0 Å². The van der Waals surface area contributed by atoms with Crippen LogP contribution in [0.3, 0.4) is 0 Å². The minimum Gasteiger partial charge on any atom is -0.453 e. The molecule has 0 spiro atoms. The van der Waals surface area contributed by atoms with Gasteiger partial charge in [0.1, 0.15) is 6.23 Å². The normalized spacial score (nSPS) is 27.4. The van der Waals surface area contributed by atoms with Crippen molar-refractivity contribution in [3.63, 3.8) is 0 Å². The fourth-order valence-electron chi connectivity index (χ4n) is 1.61. The second-order valence-corrected chi connectivity index (χ2v) is 3.15. The van der Waals surface area contributed by atoms with E-state index in [1.165, 1.54) is 12.0 Å². The topological polar surface area (TPSA) is 49.8 Å². The van der Waals surface area contributed by atoms with Gasteiger partial charge in [0, 0.05) is 12.5 Å². The highest BCUT2D eigenvalue weighted by atomic mass is 16.5. The van der Waals surface area contributed by atoms with Gasteiger partial charge in [0.05, 0.1) is 7.11 Å². The largest absolute Gasteiger partial charge is 0.453 e. The van der Waals surface area contributed by atoms with Gasteiger partial charge in [0.15, 0.2) is 0 Å². The molecule has 2 unspecified atom stereocenters. The first-order valence-electron chi connectivity index (χ1n) is 4.34. The lowest BCUT2D eigenvalue weighted by molar-refractivity contribution is 0.00974. The van der Waals surface area contributed by atoms with Crippen LogP contribution in [0.25, 0.3) is 0 Å². The number of methoxy groups -OCH3 is 1. The van der Waals surface area contributed by atoms with Gasteiger partial charge in [0.25, 0.3) is 0 Å². The van der Waals surface area contributed by atoms with Crippen molar-refractivity contribution in [3.05, 3.63) is 12.7 Å². The predicted octanol–water partition coefficient (Wildman–Crippen LogP) is 0.969. The van der Waals surface area contributed by atoms with Crippen LogP contribution in [-0.2, 0) is 4.74 Å². The van der Waals surface area contributed by atoms with Crippen molar-refractivity contribution in [2.75, 3.05) is 13.7 Å². The highest BCUT2D eigenvalue weighted by Crippen LogP contribution is 2.25. The molecule has 1 heterocycles. The van der Waals surface area contributed by atoms with E-state index in [1.54, 1.807) is 6.08 Å². The summed E-state index contributed by atoms with van der Waals surface area (Å²) in [4.78, 5) is 12.4. The molecule has 0 aromatic rings. The van der Waals surface area contributed by atoms with Crippen molar-refractivity contribution in [3.8, 4) is 0 Å². The molecule has 74 valence electrons. The minimum absolute atomic E-state index is 0.108. The molecular weight excluding hydrogens is 170 g/mol. The van der Waals surface area contributed by atoms with E-state index in [1.807, 2.05) is 0 Å². The Morgan fingerprint density at radius 3 is 3.08 bits per heavy atom. The van der Waals surface area contributed by atoms with Crippen molar-refractivity contribution < 1.29 is 14.6 Å². The van der Waals surface area contributed by atoms with Crippen LogP contribution in [0.15, 0.2) is 12.7 Å². The van der Waals surface area contributed by atoms with Gasteiger partial charge in [-0.3, -0.25) is 4.90 Å². The molecule has 4 nitrogen and oxygen atoms in total. The summed E-state index contributed by atoms with van der Waals surface area (Å²) in [6.07, 6.45) is 2.12. The van der Waals surface area contributed by atoms with Crippen molar-refractivity contribution >= 4 is 6.09 Å². The van der Waals surface area contributed by atoms with E-state index in [4.69, 9.17) is 0 Å². The van der Waals surface area contributed by atoms with Gasteiger partial charge >= 0.3 is 6.09 Å². The van der Waals surface area contributed by atoms with Gasteiger partial charge < -0.3 is 9.84 Å². The predicted molar refractivity (Wildman–Crippen MR) is 48.0 cm³/mol. The summed E-state index contributed by atoms with van der Waals surface area (Å²) in [6, 6.07) is 0. The molecular formula is C9H15NO3. The quantitative estimate of drug-likeness (QED) is 0.652. The Labute approximate surface area is 77.8 Å². The SMILES string of the molecule is C=CCC1CCN(C(=O)OC)C1O. The average molecular weight is 185 g/mol. The number of likely N-dealkylation sites (tertiary alicyclic amines) is 1. The maximum Gasteiger partial charge on any atom is 0.411 e. The zero-order chi connectivity index (χ0) is 9.84. The van der Waals surface area contributed by atoms with E-state index >= 15 is 0 Å². The summed E-state index contributed by atoms with van der Waals surface area (Å²) in [5.74, 6) is 0.108. The van der Waals surface area contributed by atoms with Crippen LogP contribution in [0.4, 0.5) is 4.79 Å². The Balaban J connectivity index is 2.54. The first-order chi connectivity index (χ1) is 6.20. The molecule has 1 aliphatic rings. The Morgan fingerprint density at radius 2 is 2.54 bits per heavy atom. The van der Waals surface area contributed by atoms with E-state index in [0.29, 0.717) is 6.54 Å². The summed E-state index contributed by atoms with van der Waals surface area (Å²) in [6.45, 7) is 4.16. The molecule has 1 amide bonds. The third-order valence-corrected chi connectivity index (χ3v) is 2.36. The van der Waals surface area contributed by atoms with Gasteiger partial charge in [-0.15, -0.1) is 6.58 Å². The maximum absolute atomic E-state index is 11.1. The van der Waals surface area contributed by atoms with Crippen LogP contribution in [0, 0.1) is 5.92 Å². The Hall–Kier alpha value is -1.03. The van der Waals surface area contributed by atoms with E-state index in [-0.39, 0.29) is 5.92 Å². The first-order valence-corrected chi connectivity index (χ1v) is 4.34. The highest BCUT2D eigenvalue weighted by molar-refractivity contribution is 5.68. The number of hydrogen-bond donors (Lipinski definition) is 1. The van der Waals surface area contributed by atoms with E-state index < -0.39 is 12.3 Å². The Morgan fingerprint density at radius 1 is 1.85 bits per heavy atom. The summed E-state index contributed by atoms with van der Waals surface area (Å²) in [7, 11) is 1.32. The zero-order valence-electron chi connectivity index (χ0n) is 7.77. The molecule has 1 fully saturated rings. The second-order valence-electron chi connectivity index (χ2n) is 3.15. The molecule has 0 aliphatic carbocycles. The molecule has 13 heavy (non-hydrogen) atoms. The highest BCUT2D eigenvalue weighted by Gasteiger charge is 2.35. The van der Waals surface area contributed by atoms with Gasteiger partial charge in [-0.2, -0.15) is 0 Å². The van der Waals surface area contributed by atoms with E-state index in [9.17, 15) is 9.90 Å². The Kier molecular flexibility index (Phi) is 3.31. The number of aliphatic hydroxyl groups is 1. The molecule has 0 saturated carbocycles. The number of hydrogen-bond acceptors (Lipinski definition) is 3. The summed E-state index contributed by atoms with van der Waals surface area (Å²) >= 11 is 0. The fraction of sp³-hybridized carbons (Fsp3) is 0.667. The molecule has 0 aromatic heterocycles. The van der Waals surface area contributed by atoms with Crippen molar-refractivity contribution in [1.29, 1.82) is 0 Å². The molecule has 1 N–H and O–H groups in total. The monoisotopic (exact) mass is 185 g/mol. The number of aliphatic hydroxyl groups excluding tert-OH is 1. The molecule has 4 heteroatoms. The van der Waals surface area contributed by atoms with Crippen LogP contribution in [0.1, 0.15) is 12.8 Å². The number of nitrogens with zero attached hydrogens (tertiary/aromatic N) is 1. The zero-order valence-corrected chi connectivity index (χ0v) is 7.77. The molecule has 1 saturated heterocycles. The lowest BCUT2D eigenvalue weighted by atomic mass is 10.0. The van der Waals surface area contributed by atoms with E-state index in [0.717, 1.165) is 12.8 Å². The number of ether oxygens (including phenoxy) is 1. The third-order valence-electron chi connectivity index (χ3n) is 2.36. The van der Waals surface area contributed by atoms with Crippen molar-refractivity contribution in [2.45, 2.75) is 19.1 Å². The van der Waals surface area contributed by atoms with Gasteiger partial charge in [-0.25, -0.2) is 4.79 Å². The lowest BCUT2D eigenvalue weighted by Crippen LogP contribution is -2.37. The summed E-state index contributed by atoms with van der Waals surface area (Å²) in [5, 5.41) is 9.66. The van der Waals surface area contributed by atoms with Crippen LogP contribution in [0.5, 0.6) is 0 Å². The molecule has 1 rings (SSSR count). The molecule has 0 aromatic carbocycles. The Bertz CT molecular complexity index is 205. The second kappa shape index (κ2) is 4.28. The average Bonchev–Trinajstić information content (AvgIpc) is 2.48. The lowest BCUT2D eigenvalue weighted by Gasteiger charge is -2.21.